The molecule has 1 fully saturated rings. The Kier molecular flexibility index (Phi) is 5.20. The monoisotopic (exact) mass is 347 g/mol. The average molecular weight is 347 g/mol. The molecule has 136 valence electrons. The summed E-state index contributed by atoms with van der Waals surface area (Å²) >= 11 is 0. The van der Waals surface area contributed by atoms with Crippen LogP contribution in [0.3, 0.4) is 0 Å². The summed E-state index contributed by atoms with van der Waals surface area (Å²) in [6.45, 7) is 5.19. The number of hydrogen-bond acceptors (Lipinski definition) is 5. The van der Waals surface area contributed by atoms with Gasteiger partial charge in [0.1, 0.15) is 0 Å². The van der Waals surface area contributed by atoms with E-state index in [1.807, 2.05) is 26.0 Å². The molecule has 1 amide bonds. The van der Waals surface area contributed by atoms with E-state index in [4.69, 9.17) is 4.52 Å². The number of hydrogen-bond donors (Lipinski definition) is 1. The molecule has 2 aliphatic rings. The molecule has 3 atom stereocenters. The number of amides is 1. The van der Waals surface area contributed by atoms with Crippen molar-refractivity contribution >= 4 is 11.9 Å². The molecular weight excluding hydrogens is 322 g/mol. The molecule has 2 heterocycles. The van der Waals surface area contributed by atoms with Crippen LogP contribution in [0.25, 0.3) is 0 Å². The van der Waals surface area contributed by atoms with E-state index < -0.39 is 17.8 Å². The maximum atomic E-state index is 12.9. The maximum absolute atomic E-state index is 12.9. The Labute approximate surface area is 147 Å². The lowest BCUT2D eigenvalue weighted by molar-refractivity contribution is -0.151. The Hall–Kier alpha value is -2.18. The van der Waals surface area contributed by atoms with Crippen LogP contribution in [0, 0.1) is 11.8 Å². The van der Waals surface area contributed by atoms with Gasteiger partial charge < -0.3 is 14.5 Å². The van der Waals surface area contributed by atoms with Crippen molar-refractivity contribution in [2.75, 3.05) is 13.1 Å². The Morgan fingerprint density at radius 1 is 1.28 bits per heavy atom. The molecule has 0 bridgehead atoms. The topological polar surface area (TPSA) is 96.5 Å². The summed E-state index contributed by atoms with van der Waals surface area (Å²) in [6.07, 6.45) is 6.44. The van der Waals surface area contributed by atoms with E-state index in [0.717, 1.165) is 12.8 Å². The minimum absolute atomic E-state index is 0.0279. The molecule has 25 heavy (non-hydrogen) atoms. The van der Waals surface area contributed by atoms with Crippen molar-refractivity contribution in [3.63, 3.8) is 0 Å². The molecule has 1 saturated heterocycles. The molecule has 0 unspecified atom stereocenters. The van der Waals surface area contributed by atoms with E-state index in [0.29, 0.717) is 37.6 Å². The quantitative estimate of drug-likeness (QED) is 0.841. The van der Waals surface area contributed by atoms with Gasteiger partial charge in [-0.25, -0.2) is 0 Å². The highest BCUT2D eigenvalue weighted by atomic mass is 16.5. The molecule has 7 nitrogen and oxygen atoms in total. The molecule has 1 aliphatic heterocycles. The number of likely N-dealkylation sites (tertiary alicyclic amines) is 1. The fraction of sp³-hybridized carbons (Fsp3) is 0.667. The summed E-state index contributed by atoms with van der Waals surface area (Å²) < 4.78 is 5.39. The van der Waals surface area contributed by atoms with Gasteiger partial charge in [-0.15, -0.1) is 0 Å². The maximum Gasteiger partial charge on any atom is 0.307 e. The Balaban J connectivity index is 1.70. The fourth-order valence-electron chi connectivity index (χ4n) is 3.62. The third-order valence-electron chi connectivity index (χ3n) is 5.12. The van der Waals surface area contributed by atoms with Crippen LogP contribution in [0.5, 0.6) is 0 Å². The van der Waals surface area contributed by atoms with E-state index in [1.54, 1.807) is 4.90 Å². The second kappa shape index (κ2) is 7.37. The highest BCUT2D eigenvalue weighted by Gasteiger charge is 2.38. The van der Waals surface area contributed by atoms with Crippen molar-refractivity contribution in [1.29, 1.82) is 0 Å². The fourth-order valence-corrected chi connectivity index (χ4v) is 3.62. The van der Waals surface area contributed by atoms with Crippen molar-refractivity contribution in [1.82, 2.24) is 15.0 Å². The van der Waals surface area contributed by atoms with Crippen molar-refractivity contribution in [2.24, 2.45) is 11.8 Å². The van der Waals surface area contributed by atoms with E-state index >= 15 is 0 Å². The third-order valence-corrected chi connectivity index (χ3v) is 5.12. The van der Waals surface area contributed by atoms with Gasteiger partial charge >= 0.3 is 5.97 Å². The molecule has 1 aromatic rings. The SMILES string of the molecule is CC(C)c1noc([C@@H]2CCCN(C(=O)[C@@H]3CC=CC[C@H]3C(=O)O)C2)n1. The minimum Gasteiger partial charge on any atom is -0.481 e. The van der Waals surface area contributed by atoms with E-state index in [-0.39, 0.29) is 17.7 Å². The van der Waals surface area contributed by atoms with Gasteiger partial charge in [0.15, 0.2) is 5.82 Å². The van der Waals surface area contributed by atoms with Crippen LogP contribution in [0.4, 0.5) is 0 Å². The first kappa shape index (κ1) is 17.6. The van der Waals surface area contributed by atoms with Gasteiger partial charge in [0.05, 0.1) is 17.8 Å². The number of aliphatic carboxylic acids is 1. The zero-order valence-corrected chi connectivity index (χ0v) is 14.7. The molecular formula is C18H25N3O4. The lowest BCUT2D eigenvalue weighted by Gasteiger charge is -2.35. The molecule has 0 spiro atoms. The largest absolute Gasteiger partial charge is 0.481 e. The summed E-state index contributed by atoms with van der Waals surface area (Å²) in [5.74, 6) is -0.575. The highest BCUT2D eigenvalue weighted by Crippen LogP contribution is 2.32. The van der Waals surface area contributed by atoms with Gasteiger partial charge in [0, 0.05) is 19.0 Å². The summed E-state index contributed by atoms with van der Waals surface area (Å²) in [5.41, 5.74) is 0. The predicted molar refractivity (Wildman–Crippen MR) is 89.9 cm³/mol. The van der Waals surface area contributed by atoms with Crippen LogP contribution in [0.2, 0.25) is 0 Å². The third kappa shape index (κ3) is 3.75. The number of carbonyl (C=O) groups excluding carboxylic acids is 1. The molecule has 7 heteroatoms. The number of aromatic nitrogens is 2. The standard InChI is InChI=1S/C18H25N3O4/c1-11(2)15-19-16(25-20-15)12-6-5-9-21(10-12)17(22)13-7-3-4-8-14(13)18(23)24/h3-4,11-14H,5-10H2,1-2H3,(H,23,24)/t12-,13-,14-/m1/s1. The lowest BCUT2D eigenvalue weighted by Crippen LogP contribution is -2.45. The number of piperidine rings is 1. The first-order chi connectivity index (χ1) is 12.0. The van der Waals surface area contributed by atoms with Crippen LogP contribution in [0.15, 0.2) is 16.7 Å². The van der Waals surface area contributed by atoms with Gasteiger partial charge in [0.2, 0.25) is 11.8 Å². The van der Waals surface area contributed by atoms with Gasteiger partial charge in [-0.3, -0.25) is 9.59 Å². The minimum atomic E-state index is -0.894. The molecule has 1 aromatic heterocycles. The van der Waals surface area contributed by atoms with Crippen LogP contribution < -0.4 is 0 Å². The molecule has 0 saturated carbocycles. The van der Waals surface area contributed by atoms with Crippen LogP contribution in [-0.2, 0) is 9.59 Å². The van der Waals surface area contributed by atoms with Crippen LogP contribution in [0.1, 0.15) is 63.1 Å². The lowest BCUT2D eigenvalue weighted by atomic mass is 9.81. The highest BCUT2D eigenvalue weighted by molar-refractivity contribution is 5.85. The number of nitrogens with zero attached hydrogens (tertiary/aromatic N) is 3. The first-order valence-electron chi connectivity index (χ1n) is 8.97. The van der Waals surface area contributed by atoms with Crippen molar-refractivity contribution in [3.8, 4) is 0 Å². The second-order valence-corrected chi connectivity index (χ2v) is 7.26. The summed E-state index contributed by atoms with van der Waals surface area (Å²) in [5, 5.41) is 13.4. The summed E-state index contributed by atoms with van der Waals surface area (Å²) in [7, 11) is 0. The van der Waals surface area contributed by atoms with Crippen molar-refractivity contribution in [2.45, 2.75) is 51.4 Å². The zero-order valence-electron chi connectivity index (χ0n) is 14.7. The van der Waals surface area contributed by atoms with Crippen LogP contribution in [-0.4, -0.2) is 45.1 Å². The van der Waals surface area contributed by atoms with Gasteiger partial charge in [-0.05, 0) is 25.7 Å². The van der Waals surface area contributed by atoms with E-state index in [9.17, 15) is 14.7 Å². The van der Waals surface area contributed by atoms with E-state index in [1.165, 1.54) is 0 Å². The Morgan fingerprint density at radius 2 is 2.00 bits per heavy atom. The number of allylic oxidation sites excluding steroid dienone is 2. The zero-order chi connectivity index (χ0) is 18.0. The van der Waals surface area contributed by atoms with Gasteiger partial charge in [-0.1, -0.05) is 31.2 Å². The van der Waals surface area contributed by atoms with Crippen molar-refractivity contribution in [3.05, 3.63) is 23.9 Å². The summed E-state index contributed by atoms with van der Waals surface area (Å²) in [4.78, 5) is 30.6. The first-order valence-corrected chi connectivity index (χ1v) is 8.97. The molecule has 1 aliphatic carbocycles. The molecule has 0 aromatic carbocycles. The smallest absolute Gasteiger partial charge is 0.307 e. The predicted octanol–water partition coefficient (Wildman–Crippen LogP) is 2.57. The normalized spacial score (nSPS) is 26.8. The van der Waals surface area contributed by atoms with E-state index in [2.05, 4.69) is 10.1 Å². The Bertz CT molecular complexity index is 667. The van der Waals surface area contributed by atoms with Gasteiger partial charge in [-0.2, -0.15) is 4.98 Å². The van der Waals surface area contributed by atoms with Gasteiger partial charge in [0.25, 0.3) is 0 Å². The molecule has 0 radical (unpaired) electrons. The average Bonchev–Trinajstić information content (AvgIpc) is 3.11. The number of carboxylic acids is 1. The van der Waals surface area contributed by atoms with Crippen LogP contribution >= 0.6 is 0 Å². The second-order valence-electron chi connectivity index (χ2n) is 7.26. The molecule has 1 N–H and O–H groups in total. The van der Waals surface area contributed by atoms with Crippen molar-refractivity contribution < 1.29 is 19.2 Å². The number of rotatable bonds is 4. The Morgan fingerprint density at radius 3 is 2.64 bits per heavy atom. The number of carbonyl (C=O) groups is 2. The molecule has 3 rings (SSSR count). The summed E-state index contributed by atoms with van der Waals surface area (Å²) in [6, 6.07) is 0. The number of carboxylic acid groups (broad SMARTS) is 1.